The van der Waals surface area contributed by atoms with Crippen molar-refractivity contribution in [2.45, 2.75) is 89.9 Å². The van der Waals surface area contributed by atoms with Crippen LogP contribution < -0.4 is 21.5 Å². The van der Waals surface area contributed by atoms with Crippen molar-refractivity contribution in [2.24, 2.45) is 0 Å². The van der Waals surface area contributed by atoms with Gasteiger partial charge in [0.05, 0.1) is 17.5 Å². The quantitative estimate of drug-likeness (QED) is 0.590. The Morgan fingerprint density at radius 2 is 1.82 bits per heavy atom. The standard InChI is InChI=1S/C25H35N5O3/c1-24(2,3)33-23(31)30-14-6-8-15(9-7-14)32-18-11-10-16-17(20(18)26)12-25(4,5)19-21(16)28-13-29-22(19)27/h10-11,13-15H,6-9,12,26H2,1-5H3,(H,30,31)(H2,27,28,29)/t14-,15-. The van der Waals surface area contributed by atoms with Gasteiger partial charge in [0.2, 0.25) is 0 Å². The third-order valence-corrected chi connectivity index (χ3v) is 6.43. The Morgan fingerprint density at radius 3 is 2.48 bits per heavy atom. The van der Waals surface area contributed by atoms with E-state index in [-0.39, 0.29) is 23.7 Å². The number of carbonyl (C=O) groups is 1. The SMILES string of the molecule is CC(C)(C)OC(=O)N[C@H]1CC[C@H](Oc2ccc3c(c2N)CC(C)(C)c2c(N)ncnc2-3)CC1. The number of hydrogen-bond donors (Lipinski definition) is 3. The lowest BCUT2D eigenvalue weighted by atomic mass is 9.71. The highest BCUT2D eigenvalue weighted by Crippen LogP contribution is 2.47. The monoisotopic (exact) mass is 453 g/mol. The summed E-state index contributed by atoms with van der Waals surface area (Å²) in [7, 11) is 0. The van der Waals surface area contributed by atoms with Crippen LogP contribution >= 0.6 is 0 Å². The molecular formula is C25H35N5O3. The first kappa shape index (κ1) is 23.1. The summed E-state index contributed by atoms with van der Waals surface area (Å²) in [5, 5.41) is 2.97. The van der Waals surface area contributed by atoms with Crippen molar-refractivity contribution < 1.29 is 14.3 Å². The Bertz CT molecular complexity index is 1050. The molecular weight excluding hydrogens is 418 g/mol. The molecule has 1 amide bonds. The summed E-state index contributed by atoms with van der Waals surface area (Å²) in [6.07, 6.45) is 5.30. The number of benzene rings is 1. The molecule has 1 fully saturated rings. The van der Waals surface area contributed by atoms with Crippen LogP contribution in [0.4, 0.5) is 16.3 Å². The molecule has 8 nitrogen and oxygen atoms in total. The molecule has 2 aliphatic rings. The van der Waals surface area contributed by atoms with E-state index in [2.05, 4.69) is 29.1 Å². The van der Waals surface area contributed by atoms with Gasteiger partial charge in [0, 0.05) is 17.2 Å². The summed E-state index contributed by atoms with van der Waals surface area (Å²) in [6.45, 7) is 9.87. The van der Waals surface area contributed by atoms with E-state index in [1.807, 2.05) is 32.9 Å². The van der Waals surface area contributed by atoms with Gasteiger partial charge in [-0.05, 0) is 76.0 Å². The van der Waals surface area contributed by atoms with Gasteiger partial charge in [-0.15, -0.1) is 0 Å². The van der Waals surface area contributed by atoms with E-state index in [0.717, 1.165) is 54.5 Å². The molecule has 8 heteroatoms. The number of rotatable bonds is 3. The first-order chi connectivity index (χ1) is 15.4. The minimum Gasteiger partial charge on any atom is -0.488 e. The smallest absolute Gasteiger partial charge is 0.407 e. The van der Waals surface area contributed by atoms with Crippen LogP contribution in [0.15, 0.2) is 18.5 Å². The minimum absolute atomic E-state index is 0.0592. The fourth-order valence-corrected chi connectivity index (χ4v) is 4.94. The number of nitrogens with one attached hydrogen (secondary N) is 1. The van der Waals surface area contributed by atoms with Gasteiger partial charge < -0.3 is 26.3 Å². The largest absolute Gasteiger partial charge is 0.488 e. The van der Waals surface area contributed by atoms with Gasteiger partial charge in [-0.2, -0.15) is 0 Å². The molecule has 0 aliphatic heterocycles. The molecule has 0 bridgehead atoms. The van der Waals surface area contributed by atoms with Crippen molar-refractivity contribution in [2.75, 3.05) is 11.5 Å². The molecule has 33 heavy (non-hydrogen) atoms. The predicted molar refractivity (Wildman–Crippen MR) is 129 cm³/mol. The fraction of sp³-hybridized carbons (Fsp3) is 0.560. The summed E-state index contributed by atoms with van der Waals surface area (Å²) >= 11 is 0. The van der Waals surface area contributed by atoms with Crippen LogP contribution in [0.1, 0.15) is 71.4 Å². The molecule has 5 N–H and O–H groups in total. The van der Waals surface area contributed by atoms with Crippen LogP contribution in [0, 0.1) is 0 Å². The molecule has 0 spiro atoms. The number of hydrogen-bond acceptors (Lipinski definition) is 7. The zero-order valence-corrected chi connectivity index (χ0v) is 20.2. The number of anilines is 2. The molecule has 4 rings (SSSR count). The highest BCUT2D eigenvalue weighted by atomic mass is 16.6. The lowest BCUT2D eigenvalue weighted by Gasteiger charge is -2.35. The van der Waals surface area contributed by atoms with E-state index < -0.39 is 5.60 Å². The molecule has 1 aromatic heterocycles. The molecule has 1 saturated carbocycles. The van der Waals surface area contributed by atoms with E-state index in [0.29, 0.717) is 17.3 Å². The maximum atomic E-state index is 12.0. The van der Waals surface area contributed by atoms with Crippen LogP contribution in [-0.2, 0) is 16.6 Å². The van der Waals surface area contributed by atoms with Crippen molar-refractivity contribution in [3.05, 3.63) is 29.6 Å². The lowest BCUT2D eigenvalue weighted by Crippen LogP contribution is -2.42. The van der Waals surface area contributed by atoms with Crippen molar-refractivity contribution in [1.82, 2.24) is 15.3 Å². The number of nitrogens with two attached hydrogens (primary N) is 2. The second-order valence-corrected chi connectivity index (χ2v) is 10.8. The third kappa shape index (κ3) is 4.84. The van der Waals surface area contributed by atoms with Crippen molar-refractivity contribution in [3.63, 3.8) is 0 Å². The predicted octanol–water partition coefficient (Wildman–Crippen LogP) is 4.36. The van der Waals surface area contributed by atoms with Gasteiger partial charge in [0.25, 0.3) is 0 Å². The fourth-order valence-electron chi connectivity index (χ4n) is 4.94. The van der Waals surface area contributed by atoms with Gasteiger partial charge in [-0.3, -0.25) is 0 Å². The second-order valence-electron chi connectivity index (χ2n) is 10.8. The van der Waals surface area contributed by atoms with Crippen LogP contribution in [0.25, 0.3) is 11.3 Å². The average molecular weight is 454 g/mol. The Labute approximate surface area is 195 Å². The van der Waals surface area contributed by atoms with Crippen molar-refractivity contribution in [1.29, 1.82) is 0 Å². The zero-order chi connectivity index (χ0) is 24.0. The van der Waals surface area contributed by atoms with Gasteiger partial charge in [-0.25, -0.2) is 14.8 Å². The Balaban J connectivity index is 1.45. The summed E-state index contributed by atoms with van der Waals surface area (Å²) in [6, 6.07) is 4.06. The summed E-state index contributed by atoms with van der Waals surface area (Å²) in [5.74, 6) is 1.23. The number of ether oxygens (including phenoxy) is 2. The summed E-state index contributed by atoms with van der Waals surface area (Å²) in [4.78, 5) is 20.8. The normalized spacial score (nSPS) is 21.5. The summed E-state index contributed by atoms with van der Waals surface area (Å²) in [5.41, 5.74) is 16.6. The van der Waals surface area contributed by atoms with Crippen molar-refractivity contribution >= 4 is 17.6 Å². The number of nitrogen functional groups attached to an aromatic ring is 2. The molecule has 1 heterocycles. The Hall–Kier alpha value is -3.03. The van der Waals surface area contributed by atoms with Crippen LogP contribution in [-0.4, -0.2) is 33.8 Å². The van der Waals surface area contributed by atoms with Crippen LogP contribution in [0.3, 0.4) is 0 Å². The number of fused-ring (bicyclic) bond motifs is 3. The molecule has 1 aromatic carbocycles. The minimum atomic E-state index is -0.499. The summed E-state index contributed by atoms with van der Waals surface area (Å²) < 4.78 is 11.7. The number of nitrogens with zero attached hydrogens (tertiary/aromatic N) is 2. The van der Waals surface area contributed by atoms with Crippen LogP contribution in [0.5, 0.6) is 5.75 Å². The van der Waals surface area contributed by atoms with E-state index in [1.165, 1.54) is 6.33 Å². The Kier molecular flexibility index (Phi) is 5.88. The number of carbonyl (C=O) groups excluding carboxylic acids is 1. The number of aromatic nitrogens is 2. The third-order valence-electron chi connectivity index (χ3n) is 6.43. The van der Waals surface area contributed by atoms with E-state index >= 15 is 0 Å². The topological polar surface area (TPSA) is 125 Å². The maximum absolute atomic E-state index is 12.0. The highest BCUT2D eigenvalue weighted by Gasteiger charge is 2.36. The van der Waals surface area contributed by atoms with Gasteiger partial charge >= 0.3 is 6.09 Å². The number of alkyl carbamates (subject to hydrolysis) is 1. The van der Waals surface area contributed by atoms with Gasteiger partial charge in [0.1, 0.15) is 23.5 Å². The first-order valence-electron chi connectivity index (χ1n) is 11.6. The zero-order valence-electron chi connectivity index (χ0n) is 20.2. The molecule has 178 valence electrons. The first-order valence-corrected chi connectivity index (χ1v) is 11.6. The molecule has 2 aromatic rings. The van der Waals surface area contributed by atoms with Crippen LogP contribution in [0.2, 0.25) is 0 Å². The van der Waals surface area contributed by atoms with Gasteiger partial charge in [-0.1, -0.05) is 13.8 Å². The molecule has 2 aliphatic carbocycles. The Morgan fingerprint density at radius 1 is 1.12 bits per heavy atom. The maximum Gasteiger partial charge on any atom is 0.407 e. The highest BCUT2D eigenvalue weighted by molar-refractivity contribution is 5.81. The molecule has 0 unspecified atom stereocenters. The van der Waals surface area contributed by atoms with Gasteiger partial charge in [0.15, 0.2) is 0 Å². The molecule has 0 saturated heterocycles. The van der Waals surface area contributed by atoms with E-state index in [9.17, 15) is 4.79 Å². The van der Waals surface area contributed by atoms with E-state index in [4.69, 9.17) is 20.9 Å². The number of amides is 1. The van der Waals surface area contributed by atoms with Crippen molar-refractivity contribution in [3.8, 4) is 17.0 Å². The van der Waals surface area contributed by atoms with E-state index in [1.54, 1.807) is 0 Å². The lowest BCUT2D eigenvalue weighted by molar-refractivity contribution is 0.0471. The molecule has 0 radical (unpaired) electrons. The molecule has 0 atom stereocenters. The average Bonchev–Trinajstić information content (AvgIpc) is 2.70. The second kappa shape index (κ2) is 8.39.